The van der Waals surface area contributed by atoms with Crippen LogP contribution in [0.5, 0.6) is 0 Å². The molecule has 4 N–H and O–H groups in total. The fraction of sp³-hybridized carbons (Fsp3) is 0.556. The predicted molar refractivity (Wildman–Crippen MR) is 93.6 cm³/mol. The van der Waals surface area contributed by atoms with Crippen LogP contribution in [0.2, 0.25) is 0 Å². The van der Waals surface area contributed by atoms with Crippen LogP contribution in [0.25, 0.3) is 0 Å². The van der Waals surface area contributed by atoms with Crippen molar-refractivity contribution >= 4 is 11.8 Å². The third-order valence-electron chi connectivity index (χ3n) is 4.84. The molecule has 0 aliphatic carbocycles. The van der Waals surface area contributed by atoms with E-state index < -0.39 is 30.7 Å². The van der Waals surface area contributed by atoms with Crippen LogP contribution in [0.1, 0.15) is 25.3 Å². The number of halogens is 1. The quantitative estimate of drug-likeness (QED) is 0.508. The molecule has 8 heteroatoms. The molecular formula is C18H26FN3O4. The molecule has 1 atom stereocenters. The van der Waals surface area contributed by atoms with Crippen molar-refractivity contribution in [2.45, 2.75) is 37.9 Å². The van der Waals surface area contributed by atoms with Gasteiger partial charge in [-0.15, -0.1) is 0 Å². The normalized spacial score (nSPS) is 18.5. The van der Waals surface area contributed by atoms with Crippen molar-refractivity contribution in [1.82, 2.24) is 15.5 Å². The lowest BCUT2D eigenvalue weighted by Crippen LogP contribution is -2.59. The summed E-state index contributed by atoms with van der Waals surface area (Å²) in [4.78, 5) is 26.4. The van der Waals surface area contributed by atoms with E-state index in [-0.39, 0.29) is 24.7 Å². The molecule has 1 aliphatic rings. The molecule has 2 rings (SSSR count). The molecule has 0 saturated carbocycles. The van der Waals surface area contributed by atoms with Crippen LogP contribution in [0.15, 0.2) is 24.3 Å². The van der Waals surface area contributed by atoms with E-state index in [1.807, 2.05) is 0 Å². The minimum atomic E-state index is -1.11. The highest BCUT2D eigenvalue weighted by molar-refractivity contribution is 5.89. The maximum atomic E-state index is 13.9. The van der Waals surface area contributed by atoms with Gasteiger partial charge in [0, 0.05) is 25.2 Å². The van der Waals surface area contributed by atoms with E-state index in [2.05, 4.69) is 10.6 Å². The van der Waals surface area contributed by atoms with Crippen LogP contribution in [0.4, 0.5) is 4.39 Å². The molecule has 1 heterocycles. The molecule has 0 aromatic heterocycles. The van der Waals surface area contributed by atoms with Gasteiger partial charge < -0.3 is 20.8 Å². The van der Waals surface area contributed by atoms with Gasteiger partial charge in [-0.05, 0) is 12.5 Å². The number of hydrogen-bond acceptors (Lipinski definition) is 5. The minimum Gasteiger partial charge on any atom is -0.394 e. The molecule has 1 fully saturated rings. The van der Waals surface area contributed by atoms with Crippen molar-refractivity contribution in [3.63, 3.8) is 0 Å². The average Bonchev–Trinajstić information content (AvgIpc) is 2.64. The summed E-state index contributed by atoms with van der Waals surface area (Å²) in [5.74, 6) is -1.10. The Morgan fingerprint density at radius 1 is 1.38 bits per heavy atom. The molecule has 1 aromatic carbocycles. The molecule has 2 amide bonds. The number of hydrogen-bond donors (Lipinski definition) is 4. The molecule has 1 unspecified atom stereocenters. The standard InChI is InChI=1S/C18H26FN3O4/c1-2-18(11-23,12-24)21-16(25)9-15-17(26)20-7-8-22(15)10-13-5-3-4-6-14(13)19/h3-6,15,23-24H,2,7-12H2,1H3,(H,20,26)(H,21,25). The van der Waals surface area contributed by atoms with Gasteiger partial charge in [0.1, 0.15) is 5.82 Å². The Bertz CT molecular complexity index is 628. The van der Waals surface area contributed by atoms with Gasteiger partial charge in [0.25, 0.3) is 0 Å². The molecule has 26 heavy (non-hydrogen) atoms. The summed E-state index contributed by atoms with van der Waals surface area (Å²) in [5.41, 5.74) is -0.653. The van der Waals surface area contributed by atoms with E-state index in [0.29, 0.717) is 25.1 Å². The Hall–Kier alpha value is -2.03. The maximum Gasteiger partial charge on any atom is 0.237 e. The first-order valence-corrected chi connectivity index (χ1v) is 8.72. The highest BCUT2D eigenvalue weighted by Gasteiger charge is 2.35. The van der Waals surface area contributed by atoms with Crippen LogP contribution >= 0.6 is 0 Å². The van der Waals surface area contributed by atoms with Gasteiger partial charge in [0.15, 0.2) is 0 Å². The number of nitrogens with one attached hydrogen (secondary N) is 2. The molecular weight excluding hydrogens is 341 g/mol. The summed E-state index contributed by atoms with van der Waals surface area (Å²) in [5, 5.41) is 24.3. The van der Waals surface area contributed by atoms with Crippen LogP contribution in [0.3, 0.4) is 0 Å². The Labute approximate surface area is 152 Å². The molecule has 0 bridgehead atoms. The second-order valence-corrected chi connectivity index (χ2v) is 6.57. The third kappa shape index (κ3) is 4.78. The highest BCUT2D eigenvalue weighted by Crippen LogP contribution is 2.17. The molecule has 0 spiro atoms. The van der Waals surface area contributed by atoms with E-state index in [0.717, 1.165) is 0 Å². The predicted octanol–water partition coefficient (Wildman–Crippen LogP) is -0.234. The first kappa shape index (κ1) is 20.3. The van der Waals surface area contributed by atoms with Crippen molar-refractivity contribution < 1.29 is 24.2 Å². The lowest BCUT2D eigenvalue weighted by molar-refractivity contribution is -0.135. The largest absolute Gasteiger partial charge is 0.394 e. The Kier molecular flexibility index (Phi) is 7.07. The number of carbonyl (C=O) groups is 2. The molecule has 7 nitrogen and oxygen atoms in total. The zero-order chi connectivity index (χ0) is 19.2. The number of nitrogens with zero attached hydrogens (tertiary/aromatic N) is 1. The summed E-state index contributed by atoms with van der Waals surface area (Å²) in [6.07, 6.45) is 0.212. The van der Waals surface area contributed by atoms with Gasteiger partial charge in [-0.1, -0.05) is 25.1 Å². The number of rotatable bonds is 8. The minimum absolute atomic E-state index is 0.137. The van der Waals surface area contributed by atoms with E-state index in [9.17, 15) is 24.2 Å². The lowest BCUT2D eigenvalue weighted by Gasteiger charge is -2.36. The molecule has 144 valence electrons. The topological polar surface area (TPSA) is 102 Å². The molecule has 1 aliphatic heterocycles. The smallest absolute Gasteiger partial charge is 0.237 e. The van der Waals surface area contributed by atoms with Crippen LogP contribution in [-0.4, -0.2) is 64.8 Å². The van der Waals surface area contributed by atoms with Gasteiger partial charge in [-0.3, -0.25) is 14.5 Å². The summed E-state index contributed by atoms with van der Waals surface area (Å²) < 4.78 is 13.9. The van der Waals surface area contributed by atoms with Crippen molar-refractivity contribution in [2.24, 2.45) is 0 Å². The zero-order valence-electron chi connectivity index (χ0n) is 14.9. The molecule has 1 saturated heterocycles. The van der Waals surface area contributed by atoms with Gasteiger partial charge >= 0.3 is 0 Å². The van der Waals surface area contributed by atoms with Crippen molar-refractivity contribution in [3.05, 3.63) is 35.6 Å². The Balaban J connectivity index is 2.09. The van der Waals surface area contributed by atoms with Gasteiger partial charge in [0.2, 0.25) is 11.8 Å². The summed E-state index contributed by atoms with van der Waals surface area (Å²) in [6.45, 7) is 2.08. The fourth-order valence-electron chi connectivity index (χ4n) is 2.98. The van der Waals surface area contributed by atoms with E-state index in [1.54, 1.807) is 30.0 Å². The number of aliphatic hydroxyl groups excluding tert-OH is 2. The van der Waals surface area contributed by atoms with E-state index in [4.69, 9.17) is 0 Å². The maximum absolute atomic E-state index is 13.9. The lowest BCUT2D eigenvalue weighted by atomic mass is 9.97. The summed E-state index contributed by atoms with van der Waals surface area (Å²) in [7, 11) is 0. The first-order chi connectivity index (χ1) is 12.4. The summed E-state index contributed by atoms with van der Waals surface area (Å²) in [6, 6.07) is 5.59. The number of benzene rings is 1. The fourth-order valence-corrected chi connectivity index (χ4v) is 2.98. The second kappa shape index (κ2) is 9.07. The van der Waals surface area contributed by atoms with Crippen LogP contribution in [0, 0.1) is 5.82 Å². The Morgan fingerprint density at radius 2 is 2.08 bits per heavy atom. The van der Waals surface area contributed by atoms with Crippen LogP contribution in [-0.2, 0) is 16.1 Å². The van der Waals surface area contributed by atoms with Crippen molar-refractivity contribution in [3.8, 4) is 0 Å². The molecule has 0 radical (unpaired) electrons. The van der Waals surface area contributed by atoms with Crippen molar-refractivity contribution in [2.75, 3.05) is 26.3 Å². The molecule has 1 aromatic rings. The monoisotopic (exact) mass is 367 g/mol. The van der Waals surface area contributed by atoms with Crippen molar-refractivity contribution in [1.29, 1.82) is 0 Å². The Morgan fingerprint density at radius 3 is 2.69 bits per heavy atom. The number of amides is 2. The SMILES string of the molecule is CCC(CO)(CO)NC(=O)CC1C(=O)NCCN1Cc1ccccc1F. The third-order valence-corrected chi connectivity index (χ3v) is 4.84. The summed E-state index contributed by atoms with van der Waals surface area (Å²) >= 11 is 0. The average molecular weight is 367 g/mol. The van der Waals surface area contributed by atoms with E-state index in [1.165, 1.54) is 6.07 Å². The van der Waals surface area contributed by atoms with Crippen LogP contribution < -0.4 is 10.6 Å². The first-order valence-electron chi connectivity index (χ1n) is 8.72. The highest BCUT2D eigenvalue weighted by atomic mass is 19.1. The number of aliphatic hydroxyl groups is 2. The van der Waals surface area contributed by atoms with Gasteiger partial charge in [-0.25, -0.2) is 4.39 Å². The van der Waals surface area contributed by atoms with Gasteiger partial charge in [-0.2, -0.15) is 0 Å². The number of piperazine rings is 1. The van der Waals surface area contributed by atoms with E-state index >= 15 is 0 Å². The zero-order valence-corrected chi connectivity index (χ0v) is 14.9. The number of carbonyl (C=O) groups excluding carboxylic acids is 2. The van der Waals surface area contributed by atoms with Gasteiger partial charge in [0.05, 0.1) is 31.2 Å². The second-order valence-electron chi connectivity index (χ2n) is 6.57.